The van der Waals surface area contributed by atoms with Crippen molar-refractivity contribution in [2.75, 3.05) is 7.05 Å². The number of hydrogen-bond donors (Lipinski definition) is 0. The average Bonchev–Trinajstić information content (AvgIpc) is 2.48. The van der Waals surface area contributed by atoms with E-state index in [1.807, 2.05) is 30.3 Å². The Labute approximate surface area is 130 Å². The van der Waals surface area contributed by atoms with Crippen LogP contribution < -0.4 is 0 Å². The molecule has 4 heteroatoms. The molecule has 0 bridgehead atoms. The van der Waals surface area contributed by atoms with Gasteiger partial charge in [0.25, 0.3) is 0 Å². The van der Waals surface area contributed by atoms with Crippen LogP contribution in [0, 0.1) is 5.92 Å². The molecule has 0 heterocycles. The molecule has 1 nitrogen and oxygen atoms in total. The molecule has 0 amide bonds. The molecule has 0 aliphatic heterocycles. The van der Waals surface area contributed by atoms with Crippen LogP contribution in [0.3, 0.4) is 0 Å². The number of nitrogens with zero attached hydrogens (tertiary/aromatic N) is 1. The molecule has 0 N–H and O–H groups in total. The predicted molar refractivity (Wildman–Crippen MR) is 83.2 cm³/mol. The van der Waals surface area contributed by atoms with Crippen LogP contribution in [0.1, 0.15) is 44.1 Å². The Balaban J connectivity index is 2.04. The molecule has 0 spiro atoms. The summed E-state index contributed by atoms with van der Waals surface area (Å²) in [5.41, 5.74) is 0.375. The second-order valence-electron chi connectivity index (χ2n) is 6.17. The molecule has 0 saturated heterocycles. The third-order valence-corrected chi connectivity index (χ3v) is 4.33. The van der Waals surface area contributed by atoms with E-state index in [2.05, 4.69) is 0 Å². The number of allylic oxidation sites excluding steroid dienone is 2. The highest BCUT2D eigenvalue weighted by Crippen LogP contribution is 2.32. The second kappa shape index (κ2) is 7.70. The first-order chi connectivity index (χ1) is 10.5. The van der Waals surface area contributed by atoms with Crippen LogP contribution in [0.2, 0.25) is 0 Å². The molecule has 0 unspecified atom stereocenters. The largest absolute Gasteiger partial charge is 0.430 e. The summed E-state index contributed by atoms with van der Waals surface area (Å²) >= 11 is 0. The van der Waals surface area contributed by atoms with Crippen LogP contribution in [0.4, 0.5) is 13.2 Å². The number of hydrogen-bond acceptors (Lipinski definition) is 1. The first kappa shape index (κ1) is 16.9. The Morgan fingerprint density at radius 3 is 2.36 bits per heavy atom. The first-order valence-electron chi connectivity index (χ1n) is 7.99. The molecule has 0 atom stereocenters. The average molecular weight is 311 g/mol. The van der Waals surface area contributed by atoms with Gasteiger partial charge in [-0.2, -0.15) is 13.2 Å². The Morgan fingerprint density at radius 2 is 1.77 bits per heavy atom. The molecule has 1 aromatic rings. The maximum Gasteiger partial charge on any atom is 0.430 e. The van der Waals surface area contributed by atoms with Gasteiger partial charge in [-0.1, -0.05) is 68.5 Å². The summed E-state index contributed by atoms with van der Waals surface area (Å²) in [6.07, 6.45) is 3.29. The van der Waals surface area contributed by atoms with E-state index in [-0.39, 0.29) is 6.54 Å². The zero-order chi connectivity index (χ0) is 16.0. The SMILES string of the molecule is CN(Cc1ccccc1)/C(=C\CC1CCCCC1)C(F)(F)F. The molecule has 1 fully saturated rings. The van der Waals surface area contributed by atoms with Gasteiger partial charge in [0.1, 0.15) is 5.70 Å². The fourth-order valence-electron chi connectivity index (χ4n) is 3.13. The van der Waals surface area contributed by atoms with E-state index in [1.54, 1.807) is 0 Å². The fraction of sp³-hybridized carbons (Fsp3) is 0.556. The molecule has 1 aromatic carbocycles. The second-order valence-corrected chi connectivity index (χ2v) is 6.17. The summed E-state index contributed by atoms with van der Waals surface area (Å²) in [4.78, 5) is 1.32. The number of rotatable bonds is 5. The summed E-state index contributed by atoms with van der Waals surface area (Å²) in [7, 11) is 1.52. The van der Waals surface area contributed by atoms with Crippen molar-refractivity contribution in [1.29, 1.82) is 0 Å². The van der Waals surface area contributed by atoms with E-state index in [4.69, 9.17) is 0 Å². The zero-order valence-electron chi connectivity index (χ0n) is 13.1. The molecular formula is C18H24F3N. The van der Waals surface area contributed by atoms with Gasteiger partial charge >= 0.3 is 6.18 Å². The van der Waals surface area contributed by atoms with Crippen molar-refractivity contribution >= 4 is 0 Å². The molecule has 0 aromatic heterocycles. The maximum atomic E-state index is 13.3. The van der Waals surface area contributed by atoms with E-state index in [1.165, 1.54) is 24.4 Å². The van der Waals surface area contributed by atoms with Crippen LogP contribution >= 0.6 is 0 Å². The minimum absolute atomic E-state index is 0.275. The van der Waals surface area contributed by atoms with E-state index < -0.39 is 11.9 Å². The fourth-order valence-corrected chi connectivity index (χ4v) is 3.13. The Bertz CT molecular complexity index is 473. The van der Waals surface area contributed by atoms with Gasteiger partial charge in [-0.25, -0.2) is 0 Å². The van der Waals surface area contributed by atoms with Gasteiger partial charge in [-0.15, -0.1) is 0 Å². The lowest BCUT2D eigenvalue weighted by Crippen LogP contribution is -2.28. The monoisotopic (exact) mass is 311 g/mol. The third-order valence-electron chi connectivity index (χ3n) is 4.33. The van der Waals surface area contributed by atoms with Crippen LogP contribution in [0.5, 0.6) is 0 Å². The Morgan fingerprint density at radius 1 is 1.14 bits per heavy atom. The summed E-state index contributed by atoms with van der Waals surface area (Å²) < 4.78 is 40.0. The summed E-state index contributed by atoms with van der Waals surface area (Å²) in [6.45, 7) is 0.275. The molecule has 0 radical (unpaired) electrons. The topological polar surface area (TPSA) is 3.24 Å². The van der Waals surface area contributed by atoms with Crippen molar-refractivity contribution in [3.8, 4) is 0 Å². The highest BCUT2D eigenvalue weighted by Gasteiger charge is 2.36. The van der Waals surface area contributed by atoms with Crippen molar-refractivity contribution in [3.63, 3.8) is 0 Å². The molecule has 1 saturated carbocycles. The lowest BCUT2D eigenvalue weighted by Gasteiger charge is -2.26. The minimum Gasteiger partial charge on any atom is -0.367 e. The maximum absolute atomic E-state index is 13.3. The standard InChI is InChI=1S/C18H24F3N/c1-22(14-16-10-6-3-7-11-16)17(18(19,20)21)13-12-15-8-4-2-5-9-15/h3,6-7,10-11,13,15H,2,4-5,8-9,12,14H2,1H3/b17-13-. The summed E-state index contributed by atoms with van der Waals surface area (Å²) in [6, 6.07) is 9.27. The van der Waals surface area contributed by atoms with Crippen LogP contribution in [-0.2, 0) is 6.54 Å². The van der Waals surface area contributed by atoms with E-state index in [9.17, 15) is 13.2 Å². The van der Waals surface area contributed by atoms with Crippen molar-refractivity contribution < 1.29 is 13.2 Å². The van der Waals surface area contributed by atoms with Crippen molar-refractivity contribution in [2.45, 2.75) is 51.2 Å². The van der Waals surface area contributed by atoms with Crippen LogP contribution in [0.25, 0.3) is 0 Å². The van der Waals surface area contributed by atoms with Gasteiger partial charge in [-0.3, -0.25) is 0 Å². The number of alkyl halides is 3. The van der Waals surface area contributed by atoms with Gasteiger partial charge in [0.2, 0.25) is 0 Å². The van der Waals surface area contributed by atoms with Crippen LogP contribution in [0.15, 0.2) is 42.1 Å². The van der Waals surface area contributed by atoms with E-state index in [0.717, 1.165) is 31.2 Å². The van der Waals surface area contributed by atoms with Gasteiger partial charge < -0.3 is 4.90 Å². The van der Waals surface area contributed by atoms with E-state index >= 15 is 0 Å². The van der Waals surface area contributed by atoms with Gasteiger partial charge in [0.05, 0.1) is 0 Å². The minimum atomic E-state index is -4.29. The van der Waals surface area contributed by atoms with Gasteiger partial charge in [0, 0.05) is 13.6 Å². The molecule has 122 valence electrons. The highest BCUT2D eigenvalue weighted by molar-refractivity contribution is 5.17. The highest BCUT2D eigenvalue weighted by atomic mass is 19.4. The first-order valence-corrected chi connectivity index (χ1v) is 7.99. The molecule has 1 aliphatic rings. The Kier molecular flexibility index (Phi) is 5.92. The quantitative estimate of drug-likeness (QED) is 0.690. The normalized spacial score (nSPS) is 17.5. The summed E-state index contributed by atoms with van der Waals surface area (Å²) in [5.74, 6) is 0.413. The smallest absolute Gasteiger partial charge is 0.367 e. The molecular weight excluding hydrogens is 287 g/mol. The third kappa shape index (κ3) is 5.08. The zero-order valence-corrected chi connectivity index (χ0v) is 13.1. The summed E-state index contributed by atoms with van der Waals surface area (Å²) in [5, 5.41) is 0. The predicted octanol–water partition coefficient (Wildman–Crippen LogP) is 5.54. The lowest BCUT2D eigenvalue weighted by molar-refractivity contribution is -0.110. The van der Waals surface area contributed by atoms with Crippen LogP contribution in [-0.4, -0.2) is 18.1 Å². The number of halogens is 3. The molecule has 2 rings (SSSR count). The van der Waals surface area contributed by atoms with Crippen molar-refractivity contribution in [2.24, 2.45) is 5.92 Å². The number of benzene rings is 1. The van der Waals surface area contributed by atoms with Crippen molar-refractivity contribution in [3.05, 3.63) is 47.7 Å². The van der Waals surface area contributed by atoms with E-state index in [0.29, 0.717) is 12.3 Å². The van der Waals surface area contributed by atoms with Gasteiger partial charge in [0.15, 0.2) is 0 Å². The van der Waals surface area contributed by atoms with Crippen molar-refractivity contribution in [1.82, 2.24) is 4.90 Å². The van der Waals surface area contributed by atoms with Gasteiger partial charge in [-0.05, 0) is 17.9 Å². The Hall–Kier alpha value is -1.45. The lowest BCUT2D eigenvalue weighted by atomic mass is 9.87. The molecule has 1 aliphatic carbocycles. The molecule has 22 heavy (non-hydrogen) atoms.